The van der Waals surface area contributed by atoms with Gasteiger partial charge in [0.2, 0.25) is 0 Å². The number of methoxy groups -OCH3 is 2. The summed E-state index contributed by atoms with van der Waals surface area (Å²) in [5.41, 5.74) is 1.94. The molecule has 0 unspecified atom stereocenters. The first kappa shape index (κ1) is 15.9. The lowest BCUT2D eigenvalue weighted by atomic mass is 10.2. The van der Waals surface area contributed by atoms with Crippen molar-refractivity contribution in [2.45, 2.75) is 6.54 Å². The van der Waals surface area contributed by atoms with Gasteiger partial charge in [0.05, 0.1) is 14.2 Å². The number of H-pyrrole nitrogens is 1. The van der Waals surface area contributed by atoms with E-state index in [0.717, 1.165) is 5.56 Å². The molecule has 0 aliphatic rings. The average molecular weight is 328 g/mol. The highest BCUT2D eigenvalue weighted by molar-refractivity contribution is 5.97. The Balaban J connectivity index is 1.74. The first-order valence-electron chi connectivity index (χ1n) is 7.37. The Hall–Kier alpha value is -3.02. The molecule has 5 nitrogen and oxygen atoms in total. The summed E-state index contributed by atoms with van der Waals surface area (Å²) in [5, 5.41) is 3.47. The van der Waals surface area contributed by atoms with Crippen molar-refractivity contribution in [3.63, 3.8) is 0 Å². The predicted molar refractivity (Wildman–Crippen MR) is 89.0 cm³/mol. The first-order valence-corrected chi connectivity index (χ1v) is 7.37. The summed E-state index contributed by atoms with van der Waals surface area (Å²) in [6.45, 7) is 0.316. The van der Waals surface area contributed by atoms with E-state index in [2.05, 4.69) is 10.3 Å². The molecular formula is C18H17FN2O3. The fourth-order valence-electron chi connectivity index (χ4n) is 2.47. The molecule has 0 saturated heterocycles. The second-order valence-electron chi connectivity index (χ2n) is 5.32. The molecule has 0 aliphatic carbocycles. The monoisotopic (exact) mass is 328 g/mol. The van der Waals surface area contributed by atoms with Crippen molar-refractivity contribution >= 4 is 16.8 Å². The minimum atomic E-state index is -0.336. The fourth-order valence-corrected chi connectivity index (χ4v) is 2.47. The molecule has 0 spiro atoms. The highest BCUT2D eigenvalue weighted by atomic mass is 19.1. The van der Waals surface area contributed by atoms with Gasteiger partial charge >= 0.3 is 0 Å². The van der Waals surface area contributed by atoms with E-state index in [4.69, 9.17) is 9.47 Å². The lowest BCUT2D eigenvalue weighted by Crippen LogP contribution is -2.23. The third-order valence-corrected chi connectivity index (χ3v) is 3.69. The number of benzene rings is 2. The van der Waals surface area contributed by atoms with Crippen LogP contribution < -0.4 is 14.8 Å². The van der Waals surface area contributed by atoms with Crippen molar-refractivity contribution in [2.75, 3.05) is 14.2 Å². The van der Waals surface area contributed by atoms with Crippen LogP contribution in [0.5, 0.6) is 11.5 Å². The van der Waals surface area contributed by atoms with Gasteiger partial charge in [0, 0.05) is 23.5 Å². The number of rotatable bonds is 5. The standard InChI is InChI=1S/C18H17FN2O3/c1-23-14-5-11(6-15(9-14)24-2)10-20-18(22)17-8-12-7-13(19)3-4-16(12)21-17/h3-9,21H,10H2,1-2H3,(H,20,22). The minimum absolute atomic E-state index is 0.270. The van der Waals surface area contributed by atoms with Crippen molar-refractivity contribution in [1.29, 1.82) is 0 Å². The lowest BCUT2D eigenvalue weighted by Gasteiger charge is -2.09. The molecule has 1 aromatic heterocycles. The molecule has 6 heteroatoms. The SMILES string of the molecule is COc1cc(CNC(=O)c2cc3cc(F)ccc3[nH]2)cc(OC)c1. The third kappa shape index (κ3) is 3.32. The summed E-state index contributed by atoms with van der Waals surface area (Å²) in [4.78, 5) is 15.3. The number of aromatic amines is 1. The highest BCUT2D eigenvalue weighted by Gasteiger charge is 2.10. The van der Waals surface area contributed by atoms with Gasteiger partial charge in [0.1, 0.15) is 23.0 Å². The zero-order chi connectivity index (χ0) is 17.1. The van der Waals surface area contributed by atoms with E-state index in [0.29, 0.717) is 34.6 Å². The van der Waals surface area contributed by atoms with Crippen LogP contribution in [0.1, 0.15) is 16.1 Å². The van der Waals surface area contributed by atoms with Gasteiger partial charge in [-0.1, -0.05) is 0 Å². The Morgan fingerprint density at radius 1 is 1.08 bits per heavy atom. The van der Waals surface area contributed by atoms with Crippen molar-refractivity contribution in [3.05, 3.63) is 59.5 Å². The molecule has 0 atom stereocenters. The maximum absolute atomic E-state index is 13.2. The average Bonchev–Trinajstić information content (AvgIpc) is 3.02. The third-order valence-electron chi connectivity index (χ3n) is 3.69. The zero-order valence-electron chi connectivity index (χ0n) is 13.4. The number of nitrogens with one attached hydrogen (secondary N) is 2. The molecule has 124 valence electrons. The molecule has 3 aromatic rings. The number of carbonyl (C=O) groups is 1. The zero-order valence-corrected chi connectivity index (χ0v) is 13.4. The number of hydrogen-bond donors (Lipinski definition) is 2. The number of fused-ring (bicyclic) bond motifs is 1. The Kier molecular flexibility index (Phi) is 4.37. The summed E-state index contributed by atoms with van der Waals surface area (Å²) in [6, 6.07) is 11.4. The highest BCUT2D eigenvalue weighted by Crippen LogP contribution is 2.22. The smallest absolute Gasteiger partial charge is 0.267 e. The summed E-state index contributed by atoms with van der Waals surface area (Å²) in [5.74, 6) is 0.699. The summed E-state index contributed by atoms with van der Waals surface area (Å²) < 4.78 is 23.6. The molecule has 0 aliphatic heterocycles. The van der Waals surface area contributed by atoms with E-state index in [1.54, 1.807) is 32.4 Å². The number of carbonyl (C=O) groups excluding carboxylic acids is 1. The Morgan fingerprint density at radius 2 is 1.79 bits per heavy atom. The van der Waals surface area contributed by atoms with Gasteiger partial charge in [-0.2, -0.15) is 0 Å². The minimum Gasteiger partial charge on any atom is -0.497 e. The van der Waals surface area contributed by atoms with Crippen LogP contribution in [-0.2, 0) is 6.54 Å². The van der Waals surface area contributed by atoms with Crippen LogP contribution in [0.15, 0.2) is 42.5 Å². The molecule has 2 N–H and O–H groups in total. The fraction of sp³-hybridized carbons (Fsp3) is 0.167. The largest absolute Gasteiger partial charge is 0.497 e. The molecule has 1 heterocycles. The molecule has 0 radical (unpaired) electrons. The van der Waals surface area contributed by atoms with Crippen molar-refractivity contribution in [2.24, 2.45) is 0 Å². The second kappa shape index (κ2) is 6.62. The predicted octanol–water partition coefficient (Wildman–Crippen LogP) is 3.25. The van der Waals surface area contributed by atoms with Gasteiger partial charge in [0.25, 0.3) is 5.91 Å². The molecular weight excluding hydrogens is 311 g/mol. The summed E-state index contributed by atoms with van der Waals surface area (Å²) in [7, 11) is 3.14. The van der Waals surface area contributed by atoms with E-state index in [-0.39, 0.29) is 11.7 Å². The molecule has 0 fully saturated rings. The Bertz CT molecular complexity index is 867. The topological polar surface area (TPSA) is 63.3 Å². The molecule has 2 aromatic carbocycles. The van der Waals surface area contributed by atoms with E-state index >= 15 is 0 Å². The van der Waals surface area contributed by atoms with Gasteiger partial charge < -0.3 is 19.8 Å². The second-order valence-corrected chi connectivity index (χ2v) is 5.32. The van der Waals surface area contributed by atoms with E-state index in [9.17, 15) is 9.18 Å². The molecule has 3 rings (SSSR count). The van der Waals surface area contributed by atoms with Crippen LogP contribution in [0.4, 0.5) is 4.39 Å². The van der Waals surface area contributed by atoms with Gasteiger partial charge in [-0.3, -0.25) is 4.79 Å². The Morgan fingerprint density at radius 3 is 2.46 bits per heavy atom. The van der Waals surface area contributed by atoms with Crippen LogP contribution >= 0.6 is 0 Å². The normalized spacial score (nSPS) is 10.6. The van der Waals surface area contributed by atoms with Crippen LogP contribution in [-0.4, -0.2) is 25.1 Å². The molecule has 0 bridgehead atoms. The van der Waals surface area contributed by atoms with E-state index in [1.807, 2.05) is 12.1 Å². The van der Waals surface area contributed by atoms with Crippen LogP contribution in [0.3, 0.4) is 0 Å². The maximum Gasteiger partial charge on any atom is 0.267 e. The number of amides is 1. The first-order chi connectivity index (χ1) is 11.6. The maximum atomic E-state index is 13.2. The van der Waals surface area contributed by atoms with E-state index in [1.165, 1.54) is 12.1 Å². The quantitative estimate of drug-likeness (QED) is 0.756. The van der Waals surface area contributed by atoms with E-state index < -0.39 is 0 Å². The molecule has 24 heavy (non-hydrogen) atoms. The lowest BCUT2D eigenvalue weighted by molar-refractivity contribution is 0.0946. The summed E-state index contributed by atoms with van der Waals surface area (Å²) in [6.07, 6.45) is 0. The molecule has 0 saturated carbocycles. The number of aromatic nitrogens is 1. The Labute approximate surface area is 138 Å². The number of ether oxygens (including phenoxy) is 2. The van der Waals surface area contributed by atoms with Crippen molar-refractivity contribution in [1.82, 2.24) is 10.3 Å². The van der Waals surface area contributed by atoms with Crippen molar-refractivity contribution in [3.8, 4) is 11.5 Å². The number of halogens is 1. The van der Waals surface area contributed by atoms with Crippen molar-refractivity contribution < 1.29 is 18.7 Å². The van der Waals surface area contributed by atoms with Crippen LogP contribution in [0.2, 0.25) is 0 Å². The van der Waals surface area contributed by atoms with Gasteiger partial charge in [-0.25, -0.2) is 4.39 Å². The number of hydrogen-bond acceptors (Lipinski definition) is 3. The van der Waals surface area contributed by atoms with Crippen LogP contribution in [0, 0.1) is 5.82 Å². The van der Waals surface area contributed by atoms with Gasteiger partial charge in [-0.05, 0) is 42.0 Å². The van der Waals surface area contributed by atoms with Crippen LogP contribution in [0.25, 0.3) is 10.9 Å². The van der Waals surface area contributed by atoms with Gasteiger partial charge in [0.15, 0.2) is 0 Å². The summed E-state index contributed by atoms with van der Waals surface area (Å²) >= 11 is 0. The van der Waals surface area contributed by atoms with Gasteiger partial charge in [-0.15, -0.1) is 0 Å². The molecule has 1 amide bonds.